The molecule has 0 aromatic carbocycles. The molecule has 6 heteroatoms. The number of hydrogen-bond acceptors (Lipinski definition) is 4. The first kappa shape index (κ1) is 16.4. The summed E-state index contributed by atoms with van der Waals surface area (Å²) in [5.41, 5.74) is 1.81. The molecule has 0 saturated carbocycles. The van der Waals surface area contributed by atoms with E-state index in [2.05, 4.69) is 16.8 Å². The van der Waals surface area contributed by atoms with Crippen LogP contribution in [0.15, 0.2) is 39.8 Å². The number of thiophene rings is 1. The molecule has 0 spiro atoms. The van der Waals surface area contributed by atoms with Crippen LogP contribution >= 0.6 is 11.3 Å². The molecule has 0 bridgehead atoms. The second-order valence-corrected chi connectivity index (χ2v) is 7.63. The number of nitrogens with zero attached hydrogens (tertiary/aromatic N) is 2. The molecule has 4 rings (SSSR count). The van der Waals surface area contributed by atoms with E-state index < -0.39 is 0 Å². The maximum atomic E-state index is 13.1. The lowest BCUT2D eigenvalue weighted by molar-refractivity contribution is -0.137. The fourth-order valence-electron chi connectivity index (χ4n) is 4.01. The van der Waals surface area contributed by atoms with Gasteiger partial charge in [0.2, 0.25) is 5.91 Å². The van der Waals surface area contributed by atoms with Gasteiger partial charge in [0.05, 0.1) is 23.8 Å². The standard InChI is InChI=1S/C19H22N2O3S/c22-18(15-5-9-24-12-15)20-7-1-3-14(11-20)19(23)21-8-2-4-17(21)16-6-10-25-13-16/h5-6,9-10,12-14,17H,1-4,7-8,11H2/t14-,17-/m1/s1. The Morgan fingerprint density at radius 3 is 2.80 bits per heavy atom. The summed E-state index contributed by atoms with van der Waals surface area (Å²) in [5, 5.41) is 4.22. The molecular weight excluding hydrogens is 336 g/mol. The highest BCUT2D eigenvalue weighted by Crippen LogP contribution is 2.35. The Balaban J connectivity index is 1.45. The van der Waals surface area contributed by atoms with Crippen molar-refractivity contribution in [2.45, 2.75) is 31.7 Å². The van der Waals surface area contributed by atoms with Gasteiger partial charge in [0.1, 0.15) is 6.26 Å². The molecule has 5 nitrogen and oxygen atoms in total. The van der Waals surface area contributed by atoms with Gasteiger partial charge in [0.15, 0.2) is 0 Å². The van der Waals surface area contributed by atoms with Gasteiger partial charge in [0.25, 0.3) is 5.91 Å². The molecule has 0 radical (unpaired) electrons. The number of piperidine rings is 1. The summed E-state index contributed by atoms with van der Waals surface area (Å²) < 4.78 is 5.02. The fraction of sp³-hybridized carbons (Fsp3) is 0.474. The lowest BCUT2D eigenvalue weighted by Crippen LogP contribution is -2.46. The molecule has 4 heterocycles. The van der Waals surface area contributed by atoms with E-state index in [0.717, 1.165) is 32.2 Å². The minimum Gasteiger partial charge on any atom is -0.472 e. The van der Waals surface area contributed by atoms with Crippen LogP contribution < -0.4 is 0 Å². The van der Waals surface area contributed by atoms with Crippen LogP contribution in [0.25, 0.3) is 0 Å². The Labute approximate surface area is 151 Å². The maximum absolute atomic E-state index is 13.1. The van der Waals surface area contributed by atoms with Gasteiger partial charge in [-0.2, -0.15) is 11.3 Å². The van der Waals surface area contributed by atoms with Crippen molar-refractivity contribution in [2.75, 3.05) is 19.6 Å². The first-order chi connectivity index (χ1) is 12.2. The van der Waals surface area contributed by atoms with Crippen molar-refractivity contribution in [2.24, 2.45) is 5.92 Å². The molecule has 0 N–H and O–H groups in total. The Morgan fingerprint density at radius 1 is 1.16 bits per heavy atom. The smallest absolute Gasteiger partial charge is 0.257 e. The van der Waals surface area contributed by atoms with Crippen molar-refractivity contribution in [1.82, 2.24) is 9.80 Å². The van der Waals surface area contributed by atoms with Crippen LogP contribution in [0.4, 0.5) is 0 Å². The van der Waals surface area contributed by atoms with Gasteiger partial charge in [-0.25, -0.2) is 0 Å². The number of rotatable bonds is 3. The third-order valence-corrected chi connectivity index (χ3v) is 5.99. The van der Waals surface area contributed by atoms with E-state index >= 15 is 0 Å². The zero-order chi connectivity index (χ0) is 17.2. The minimum absolute atomic E-state index is 0.0398. The summed E-state index contributed by atoms with van der Waals surface area (Å²) in [7, 11) is 0. The van der Waals surface area contributed by atoms with E-state index in [9.17, 15) is 9.59 Å². The maximum Gasteiger partial charge on any atom is 0.257 e. The number of amides is 2. The van der Waals surface area contributed by atoms with Crippen LogP contribution in [0.1, 0.15) is 47.6 Å². The van der Waals surface area contributed by atoms with Crippen molar-refractivity contribution in [1.29, 1.82) is 0 Å². The zero-order valence-electron chi connectivity index (χ0n) is 14.1. The van der Waals surface area contributed by atoms with E-state index in [4.69, 9.17) is 4.42 Å². The average Bonchev–Trinajstić information content (AvgIpc) is 3.42. The topological polar surface area (TPSA) is 53.8 Å². The molecular formula is C19H22N2O3S. The molecule has 2 aromatic heterocycles. The van der Waals surface area contributed by atoms with Gasteiger partial charge < -0.3 is 14.2 Å². The Morgan fingerprint density at radius 2 is 2.04 bits per heavy atom. The second-order valence-electron chi connectivity index (χ2n) is 6.85. The lowest BCUT2D eigenvalue weighted by atomic mass is 9.95. The average molecular weight is 358 g/mol. The van der Waals surface area contributed by atoms with Crippen molar-refractivity contribution in [3.63, 3.8) is 0 Å². The molecule has 25 heavy (non-hydrogen) atoms. The van der Waals surface area contributed by atoms with Crippen LogP contribution in [-0.2, 0) is 4.79 Å². The van der Waals surface area contributed by atoms with Crippen LogP contribution in [0.2, 0.25) is 0 Å². The summed E-state index contributed by atoms with van der Waals surface area (Å²) in [6.45, 7) is 2.04. The Bertz CT molecular complexity index is 726. The van der Waals surface area contributed by atoms with Gasteiger partial charge in [-0.1, -0.05) is 0 Å². The molecule has 132 valence electrons. The molecule has 2 aliphatic rings. The van der Waals surface area contributed by atoms with Gasteiger partial charge in [-0.3, -0.25) is 9.59 Å². The van der Waals surface area contributed by atoms with E-state index in [1.54, 1.807) is 22.3 Å². The summed E-state index contributed by atoms with van der Waals surface area (Å²) in [6, 6.07) is 4.01. The molecule has 2 saturated heterocycles. The Hall–Kier alpha value is -2.08. The third kappa shape index (κ3) is 3.23. The van der Waals surface area contributed by atoms with E-state index in [0.29, 0.717) is 18.7 Å². The largest absolute Gasteiger partial charge is 0.472 e. The van der Waals surface area contributed by atoms with Gasteiger partial charge in [-0.15, -0.1) is 0 Å². The second kappa shape index (κ2) is 7.04. The van der Waals surface area contributed by atoms with E-state index in [-0.39, 0.29) is 23.8 Å². The van der Waals surface area contributed by atoms with Crippen molar-refractivity contribution < 1.29 is 14.0 Å². The summed E-state index contributed by atoms with van der Waals surface area (Å²) >= 11 is 1.68. The van der Waals surface area contributed by atoms with Crippen molar-refractivity contribution in [3.8, 4) is 0 Å². The number of hydrogen-bond donors (Lipinski definition) is 0. The Kier molecular flexibility index (Phi) is 4.61. The predicted octanol–water partition coefficient (Wildman–Crippen LogP) is 3.56. The molecule has 2 aromatic rings. The molecule has 2 atom stereocenters. The highest BCUT2D eigenvalue weighted by Gasteiger charge is 2.37. The normalized spacial score (nSPS) is 23.8. The van der Waals surface area contributed by atoms with Gasteiger partial charge >= 0.3 is 0 Å². The van der Waals surface area contributed by atoms with Crippen molar-refractivity contribution >= 4 is 23.2 Å². The number of furan rings is 1. The lowest BCUT2D eigenvalue weighted by Gasteiger charge is -2.35. The van der Waals surface area contributed by atoms with Crippen LogP contribution in [-0.4, -0.2) is 41.2 Å². The quantitative estimate of drug-likeness (QED) is 0.843. The van der Waals surface area contributed by atoms with E-state index in [1.165, 1.54) is 18.1 Å². The molecule has 0 aliphatic carbocycles. The van der Waals surface area contributed by atoms with Crippen LogP contribution in [0, 0.1) is 5.92 Å². The van der Waals surface area contributed by atoms with Gasteiger partial charge in [0, 0.05) is 19.6 Å². The zero-order valence-corrected chi connectivity index (χ0v) is 14.9. The van der Waals surface area contributed by atoms with Gasteiger partial charge in [-0.05, 0) is 54.1 Å². The summed E-state index contributed by atoms with van der Waals surface area (Å²) in [6.07, 6.45) is 6.80. The first-order valence-electron chi connectivity index (χ1n) is 8.88. The fourth-order valence-corrected chi connectivity index (χ4v) is 4.72. The first-order valence-corrected chi connectivity index (χ1v) is 9.82. The summed E-state index contributed by atoms with van der Waals surface area (Å²) in [4.78, 5) is 29.5. The monoisotopic (exact) mass is 358 g/mol. The SMILES string of the molecule is O=C(c1ccoc1)N1CCC[C@@H](C(=O)N2CCC[C@@H]2c2ccsc2)C1. The highest BCUT2D eigenvalue weighted by molar-refractivity contribution is 7.08. The highest BCUT2D eigenvalue weighted by atomic mass is 32.1. The number of carbonyl (C=O) groups is 2. The van der Waals surface area contributed by atoms with Crippen molar-refractivity contribution in [3.05, 3.63) is 46.5 Å². The van der Waals surface area contributed by atoms with Crippen LogP contribution in [0.5, 0.6) is 0 Å². The molecule has 2 amide bonds. The number of carbonyl (C=O) groups excluding carboxylic acids is 2. The van der Waals surface area contributed by atoms with Crippen LogP contribution in [0.3, 0.4) is 0 Å². The summed E-state index contributed by atoms with van der Waals surface area (Å²) in [5.74, 6) is 0.0734. The molecule has 0 unspecified atom stereocenters. The molecule has 2 fully saturated rings. The third-order valence-electron chi connectivity index (χ3n) is 5.29. The predicted molar refractivity (Wildman–Crippen MR) is 95.3 cm³/mol. The minimum atomic E-state index is -0.0937. The molecule has 2 aliphatic heterocycles. The van der Waals surface area contributed by atoms with E-state index in [1.807, 2.05) is 4.90 Å². The number of likely N-dealkylation sites (tertiary alicyclic amines) is 2.